The number of rotatable bonds is 2. The van der Waals surface area contributed by atoms with Crippen molar-refractivity contribution < 1.29 is 39.9 Å². The Morgan fingerprint density at radius 2 is 1.79 bits per heavy atom. The molecular formula is C21H23BrN3O8. The van der Waals surface area contributed by atoms with Gasteiger partial charge < -0.3 is 41.9 Å². The highest BCUT2D eigenvalue weighted by atomic mass is 79.9. The number of ketones is 2. The van der Waals surface area contributed by atoms with E-state index in [9.17, 15) is 39.9 Å². The molecule has 11 nitrogen and oxygen atoms in total. The van der Waals surface area contributed by atoms with Gasteiger partial charge in [-0.05, 0) is 41.7 Å². The number of benzene rings is 1. The molecule has 0 aromatic heterocycles. The zero-order valence-corrected chi connectivity index (χ0v) is 19.1. The van der Waals surface area contributed by atoms with Gasteiger partial charge in [0.05, 0.1) is 23.5 Å². The molecule has 9 N–H and O–H groups in total. The summed E-state index contributed by atoms with van der Waals surface area (Å²) < 4.78 is 0.304. The number of likely N-dealkylation sites (N-methyl/N-ethyl adjacent to an activating group) is 1. The lowest BCUT2D eigenvalue weighted by Crippen LogP contribution is -2.76. The zero-order chi connectivity index (χ0) is 24.7. The number of hydrogen-bond acceptors (Lipinski definition) is 10. The van der Waals surface area contributed by atoms with E-state index in [4.69, 9.17) is 11.5 Å². The van der Waals surface area contributed by atoms with Crippen molar-refractivity contribution in [2.24, 2.45) is 23.5 Å². The number of carbonyl (C=O) groups excluding carboxylic acids is 3. The number of aliphatic hydroxyl groups is 4. The Bertz CT molecular complexity index is 1130. The third kappa shape index (κ3) is 2.91. The van der Waals surface area contributed by atoms with Crippen molar-refractivity contribution in [3.05, 3.63) is 33.7 Å². The van der Waals surface area contributed by atoms with E-state index in [-0.39, 0.29) is 16.8 Å². The highest BCUT2D eigenvalue weighted by molar-refractivity contribution is 9.10. The van der Waals surface area contributed by atoms with Crippen molar-refractivity contribution in [1.29, 1.82) is 0 Å². The molecule has 1 aromatic carbocycles. The van der Waals surface area contributed by atoms with Gasteiger partial charge in [0.15, 0.2) is 17.1 Å². The topological polar surface area (TPSA) is 208 Å². The number of phenolic OH excluding ortho intramolecular Hbond substituents is 1. The van der Waals surface area contributed by atoms with Crippen LogP contribution in [0.2, 0.25) is 0 Å². The molecule has 1 radical (unpaired) electrons. The highest BCUT2D eigenvalue weighted by Crippen LogP contribution is 2.53. The number of nitrogens with zero attached hydrogens (tertiary/aromatic N) is 1. The summed E-state index contributed by atoms with van der Waals surface area (Å²) in [5.74, 6) is -9.83. The number of anilines is 1. The van der Waals surface area contributed by atoms with Crippen molar-refractivity contribution >= 4 is 44.9 Å². The van der Waals surface area contributed by atoms with Crippen LogP contribution in [0.4, 0.5) is 5.69 Å². The van der Waals surface area contributed by atoms with E-state index < -0.39 is 76.2 Å². The number of nitrogen functional groups attached to an aromatic ring is 1. The van der Waals surface area contributed by atoms with Crippen molar-refractivity contribution in [2.75, 3.05) is 19.8 Å². The molecule has 0 saturated heterocycles. The van der Waals surface area contributed by atoms with Crippen LogP contribution in [0, 0.1) is 24.2 Å². The van der Waals surface area contributed by atoms with E-state index in [0.29, 0.717) is 4.47 Å². The van der Waals surface area contributed by atoms with Gasteiger partial charge in [-0.3, -0.25) is 14.4 Å². The number of hydrogen-bond donors (Lipinski definition) is 7. The molecule has 7 atom stereocenters. The molecule has 33 heavy (non-hydrogen) atoms. The first-order valence-corrected chi connectivity index (χ1v) is 10.8. The van der Waals surface area contributed by atoms with E-state index in [0.717, 1.165) is 0 Å². The first-order chi connectivity index (χ1) is 15.3. The smallest absolute Gasteiger partial charge is 0.230 e. The maximum atomic E-state index is 13.6. The number of nitrogens with two attached hydrogens (primary N) is 2. The fourth-order valence-corrected chi connectivity index (χ4v) is 5.86. The van der Waals surface area contributed by atoms with Gasteiger partial charge in [0, 0.05) is 34.3 Å². The fourth-order valence-electron chi connectivity index (χ4n) is 5.43. The summed E-state index contributed by atoms with van der Waals surface area (Å²) >= 11 is 3.19. The second kappa shape index (κ2) is 7.50. The largest absolute Gasteiger partial charge is 0.507 e. The van der Waals surface area contributed by atoms with Gasteiger partial charge in [-0.1, -0.05) is 0 Å². The Kier molecular flexibility index (Phi) is 5.37. The second-order valence-electron chi connectivity index (χ2n) is 8.84. The molecule has 2 fully saturated rings. The lowest BCUT2D eigenvalue weighted by Gasteiger charge is -2.55. The molecule has 12 heteroatoms. The first-order valence-electron chi connectivity index (χ1n) is 9.99. The minimum Gasteiger partial charge on any atom is -0.507 e. The van der Waals surface area contributed by atoms with Gasteiger partial charge in [0.25, 0.3) is 0 Å². The quantitative estimate of drug-likeness (QED) is 0.134. The van der Waals surface area contributed by atoms with Crippen molar-refractivity contribution in [1.82, 2.24) is 4.90 Å². The molecule has 0 heterocycles. The average molecular weight is 525 g/mol. The zero-order valence-electron chi connectivity index (χ0n) is 17.6. The Hall–Kier alpha value is -2.51. The number of halogens is 1. The Balaban J connectivity index is 1.99. The highest BCUT2D eigenvalue weighted by Gasteiger charge is 2.70. The number of carbonyl (C=O) groups is 3. The van der Waals surface area contributed by atoms with E-state index in [1.807, 2.05) is 0 Å². The number of aliphatic hydroxyl groups excluding tert-OH is 3. The molecule has 4 rings (SSSR count). The minimum atomic E-state index is -2.96. The van der Waals surface area contributed by atoms with Gasteiger partial charge in [-0.25, -0.2) is 0 Å². The SMILES string of the molecule is CN(C)[C@H]1C(O)C(C(N)=O)C(=O)[C@]2(O)C(=O)C3=C(O)c4c(cc(Br)c(N)c4O)[CH][C@@H]3[C@@H](O)[C@H]12. The molecule has 0 bridgehead atoms. The van der Waals surface area contributed by atoms with Gasteiger partial charge in [0.2, 0.25) is 11.7 Å². The van der Waals surface area contributed by atoms with Crippen molar-refractivity contribution in [3.8, 4) is 5.75 Å². The Morgan fingerprint density at radius 1 is 1.18 bits per heavy atom. The molecule has 2 saturated carbocycles. The van der Waals surface area contributed by atoms with Crippen LogP contribution in [-0.2, 0) is 14.4 Å². The maximum absolute atomic E-state index is 13.6. The number of fused-ring (bicyclic) bond motifs is 3. The van der Waals surface area contributed by atoms with Crippen LogP contribution in [0.15, 0.2) is 16.1 Å². The number of aromatic hydroxyl groups is 1. The molecular weight excluding hydrogens is 502 g/mol. The molecule has 177 valence electrons. The first kappa shape index (κ1) is 23.6. The van der Waals surface area contributed by atoms with Crippen LogP contribution >= 0.6 is 15.9 Å². The molecule has 3 aliphatic carbocycles. The van der Waals surface area contributed by atoms with E-state index >= 15 is 0 Å². The summed E-state index contributed by atoms with van der Waals surface area (Å²) in [6.07, 6.45) is -1.94. The van der Waals surface area contributed by atoms with Crippen molar-refractivity contribution in [3.63, 3.8) is 0 Å². The van der Waals surface area contributed by atoms with Gasteiger partial charge in [0.1, 0.15) is 11.7 Å². The third-order valence-electron chi connectivity index (χ3n) is 6.93. The van der Waals surface area contributed by atoms with Gasteiger partial charge in [-0.2, -0.15) is 0 Å². The summed E-state index contributed by atoms with van der Waals surface area (Å²) in [7, 11) is 2.97. The standard InChI is InChI=1S/C21H23BrN3O8/c1-25(2)13-11-14(26)6-3-5-4-7(22)12(23)16(28)8(5)15(27)9(6)18(30)21(11,33)19(31)10(17(13)29)20(24)32/h3-4,6,10-11,13-14,17,26-29,33H,23H2,1-2H3,(H2,24,32)/t6-,10?,11-,13+,14+,17?,21+/m0/s1. The third-order valence-corrected chi connectivity index (χ3v) is 7.59. The average Bonchev–Trinajstić information content (AvgIpc) is 2.71. The van der Waals surface area contributed by atoms with Crippen molar-refractivity contribution in [2.45, 2.75) is 23.9 Å². The normalized spacial score (nSPS) is 35.8. The fraction of sp³-hybridized carbons (Fsp3) is 0.429. The summed E-state index contributed by atoms with van der Waals surface area (Å²) in [5, 5.41) is 55.0. The van der Waals surface area contributed by atoms with E-state index in [1.54, 1.807) is 0 Å². The predicted octanol–water partition coefficient (Wildman–Crippen LogP) is -1.55. The number of primary amides is 1. The van der Waals surface area contributed by atoms with Crippen LogP contribution < -0.4 is 11.5 Å². The van der Waals surface area contributed by atoms with E-state index in [2.05, 4.69) is 15.9 Å². The van der Waals surface area contributed by atoms with Gasteiger partial charge >= 0.3 is 0 Å². The maximum Gasteiger partial charge on any atom is 0.230 e. The molecule has 1 amide bonds. The van der Waals surface area contributed by atoms with Crippen LogP contribution in [-0.4, -0.2) is 85.9 Å². The molecule has 0 spiro atoms. The Labute approximate surface area is 196 Å². The van der Waals surface area contributed by atoms with E-state index in [1.165, 1.54) is 31.5 Å². The summed E-state index contributed by atoms with van der Waals surface area (Å²) in [4.78, 5) is 40.2. The molecule has 3 aliphatic rings. The Morgan fingerprint density at radius 3 is 2.33 bits per heavy atom. The second-order valence-corrected chi connectivity index (χ2v) is 9.69. The summed E-state index contributed by atoms with van der Waals surface area (Å²) in [6, 6.07) is 0.261. The molecule has 0 aliphatic heterocycles. The molecule has 2 unspecified atom stereocenters. The molecule has 1 aromatic rings. The lowest BCUT2D eigenvalue weighted by molar-refractivity contribution is -0.197. The summed E-state index contributed by atoms with van der Waals surface area (Å²) in [6.45, 7) is 0. The van der Waals surface area contributed by atoms with Crippen LogP contribution in [0.1, 0.15) is 11.1 Å². The predicted molar refractivity (Wildman–Crippen MR) is 117 cm³/mol. The number of phenols is 1. The van der Waals surface area contributed by atoms with Crippen LogP contribution in [0.5, 0.6) is 5.75 Å². The lowest BCUT2D eigenvalue weighted by atomic mass is 9.53. The number of amides is 1. The monoisotopic (exact) mass is 524 g/mol. The number of Topliss-reactive ketones (excluding diaryl/α,β-unsaturated/α-hetero) is 2. The van der Waals surface area contributed by atoms with Crippen LogP contribution in [0.3, 0.4) is 0 Å². The minimum absolute atomic E-state index is 0.119. The van der Waals surface area contributed by atoms with Crippen LogP contribution in [0.25, 0.3) is 5.76 Å². The van der Waals surface area contributed by atoms with Gasteiger partial charge in [-0.15, -0.1) is 0 Å². The summed E-state index contributed by atoms with van der Waals surface area (Å²) in [5.41, 5.74) is 7.55.